The Bertz CT molecular complexity index is 322. The quantitative estimate of drug-likeness (QED) is 0.610. The monoisotopic (exact) mass is 286 g/mol. The topological polar surface area (TPSA) is 70.1 Å². The van der Waals surface area contributed by atoms with Crippen LogP contribution in [0.15, 0.2) is 0 Å². The maximum atomic E-state index is 12.2. The second kappa shape index (κ2) is 8.92. The van der Waals surface area contributed by atoms with Gasteiger partial charge in [0.05, 0.1) is 12.5 Å². The fourth-order valence-electron chi connectivity index (χ4n) is 2.41. The minimum Gasteiger partial charge on any atom is -0.396 e. The molecule has 1 aliphatic heterocycles. The van der Waals surface area contributed by atoms with E-state index in [0.717, 1.165) is 19.3 Å². The van der Waals surface area contributed by atoms with Crippen molar-refractivity contribution in [1.29, 1.82) is 0 Å². The van der Waals surface area contributed by atoms with Gasteiger partial charge in [0.2, 0.25) is 11.8 Å². The van der Waals surface area contributed by atoms with Crippen molar-refractivity contribution in [3.05, 3.63) is 0 Å². The van der Waals surface area contributed by atoms with Gasteiger partial charge in [-0.05, 0) is 19.3 Å². The number of hydrogen-bond donors (Lipinski definition) is 1. The van der Waals surface area contributed by atoms with E-state index in [1.807, 2.05) is 0 Å². The number of rotatable bonds is 9. The zero-order chi connectivity index (χ0) is 15.0. The molecular weight excluding hydrogens is 260 g/mol. The molecule has 0 aromatic rings. The summed E-state index contributed by atoms with van der Waals surface area (Å²) < 4.78 is 4.96. The lowest BCUT2D eigenvalue weighted by Crippen LogP contribution is -2.35. The zero-order valence-corrected chi connectivity index (χ0v) is 12.5. The van der Waals surface area contributed by atoms with Crippen LogP contribution in [0.2, 0.25) is 0 Å². The van der Waals surface area contributed by atoms with Crippen molar-refractivity contribution >= 4 is 11.8 Å². The van der Waals surface area contributed by atoms with Crippen LogP contribution in [0, 0.1) is 5.92 Å². The van der Waals surface area contributed by atoms with Gasteiger partial charge in [-0.3, -0.25) is 9.59 Å². The number of carbonyl (C=O) groups is 2. The fraction of sp³-hybridized carbons (Fsp3) is 0.857. The Morgan fingerprint density at radius 1 is 1.45 bits per heavy atom. The summed E-state index contributed by atoms with van der Waals surface area (Å²) in [7, 11) is 3.38. The average Bonchev–Trinajstić information content (AvgIpc) is 2.81. The lowest BCUT2D eigenvalue weighted by Gasteiger charge is -2.21. The predicted octanol–water partition coefficient (Wildman–Crippen LogP) is 0.102. The van der Waals surface area contributed by atoms with Crippen molar-refractivity contribution in [2.75, 3.05) is 47.0 Å². The van der Waals surface area contributed by atoms with Crippen molar-refractivity contribution in [2.24, 2.45) is 5.92 Å². The molecule has 0 aromatic carbocycles. The van der Waals surface area contributed by atoms with Gasteiger partial charge in [0.25, 0.3) is 0 Å². The van der Waals surface area contributed by atoms with E-state index in [2.05, 4.69) is 0 Å². The number of nitrogens with zero attached hydrogens (tertiary/aromatic N) is 2. The molecule has 20 heavy (non-hydrogen) atoms. The van der Waals surface area contributed by atoms with E-state index in [1.165, 1.54) is 0 Å². The first-order valence-electron chi connectivity index (χ1n) is 7.22. The average molecular weight is 286 g/mol. The number of amides is 2. The van der Waals surface area contributed by atoms with Crippen LogP contribution in [0.5, 0.6) is 0 Å². The van der Waals surface area contributed by atoms with Crippen molar-refractivity contribution in [3.63, 3.8) is 0 Å². The Morgan fingerprint density at radius 2 is 2.20 bits per heavy atom. The summed E-state index contributed by atoms with van der Waals surface area (Å²) in [5.41, 5.74) is 0. The number of likely N-dealkylation sites (tertiary alicyclic amines) is 1. The lowest BCUT2D eigenvalue weighted by molar-refractivity contribution is -0.134. The normalized spacial score (nSPS) is 18.6. The summed E-state index contributed by atoms with van der Waals surface area (Å²) in [6, 6.07) is 0. The van der Waals surface area contributed by atoms with Crippen molar-refractivity contribution in [1.82, 2.24) is 9.80 Å². The highest BCUT2D eigenvalue weighted by Crippen LogP contribution is 2.19. The number of unbranched alkanes of at least 4 members (excludes halogenated alkanes) is 2. The van der Waals surface area contributed by atoms with Gasteiger partial charge >= 0.3 is 0 Å². The molecule has 1 fully saturated rings. The van der Waals surface area contributed by atoms with Crippen LogP contribution in [0.4, 0.5) is 0 Å². The Kier molecular flexibility index (Phi) is 7.54. The molecule has 0 saturated carbocycles. The second-order valence-corrected chi connectivity index (χ2v) is 5.28. The van der Waals surface area contributed by atoms with E-state index >= 15 is 0 Å². The van der Waals surface area contributed by atoms with Gasteiger partial charge in [0, 0.05) is 46.8 Å². The summed E-state index contributed by atoms with van der Waals surface area (Å²) in [6.07, 6.45) is 2.88. The van der Waals surface area contributed by atoms with E-state index < -0.39 is 0 Å². The van der Waals surface area contributed by atoms with Crippen molar-refractivity contribution in [3.8, 4) is 0 Å². The number of aliphatic hydroxyl groups is 1. The van der Waals surface area contributed by atoms with Gasteiger partial charge in [-0.2, -0.15) is 0 Å². The molecular formula is C14H26N2O4. The van der Waals surface area contributed by atoms with E-state index in [4.69, 9.17) is 9.84 Å². The highest BCUT2D eigenvalue weighted by atomic mass is 16.5. The first kappa shape index (κ1) is 16.9. The van der Waals surface area contributed by atoms with E-state index in [0.29, 0.717) is 32.7 Å². The first-order valence-corrected chi connectivity index (χ1v) is 7.22. The molecule has 0 radical (unpaired) electrons. The Hall–Kier alpha value is -1.14. The van der Waals surface area contributed by atoms with Crippen LogP contribution in [-0.2, 0) is 14.3 Å². The van der Waals surface area contributed by atoms with Crippen LogP contribution in [-0.4, -0.2) is 73.7 Å². The molecule has 1 aliphatic rings. The van der Waals surface area contributed by atoms with Crippen LogP contribution < -0.4 is 0 Å². The van der Waals surface area contributed by atoms with Crippen LogP contribution >= 0.6 is 0 Å². The number of carbonyl (C=O) groups excluding carboxylic acids is 2. The molecule has 6 nitrogen and oxygen atoms in total. The zero-order valence-electron chi connectivity index (χ0n) is 12.5. The summed E-state index contributed by atoms with van der Waals surface area (Å²) >= 11 is 0. The van der Waals surface area contributed by atoms with Gasteiger partial charge in [-0.25, -0.2) is 0 Å². The molecule has 1 N–H and O–H groups in total. The molecule has 1 rings (SSSR count). The van der Waals surface area contributed by atoms with E-state index in [9.17, 15) is 9.59 Å². The molecule has 1 atom stereocenters. The molecule has 6 heteroatoms. The first-order chi connectivity index (χ1) is 9.60. The Morgan fingerprint density at radius 3 is 2.85 bits per heavy atom. The SMILES string of the molecule is COCCN1CC(C(=O)N(C)CCCCCO)CC1=O. The second-order valence-electron chi connectivity index (χ2n) is 5.28. The molecule has 1 saturated heterocycles. The largest absolute Gasteiger partial charge is 0.396 e. The number of hydrogen-bond acceptors (Lipinski definition) is 4. The minimum atomic E-state index is -0.220. The molecule has 0 spiro atoms. The van der Waals surface area contributed by atoms with Crippen LogP contribution in [0.25, 0.3) is 0 Å². The molecule has 0 aromatic heterocycles. The van der Waals surface area contributed by atoms with Gasteiger partial charge in [0.1, 0.15) is 0 Å². The smallest absolute Gasteiger partial charge is 0.227 e. The third-order valence-electron chi connectivity index (χ3n) is 3.66. The predicted molar refractivity (Wildman–Crippen MR) is 75.1 cm³/mol. The fourth-order valence-corrected chi connectivity index (χ4v) is 2.41. The van der Waals surface area contributed by atoms with Gasteiger partial charge < -0.3 is 19.6 Å². The summed E-state index contributed by atoms with van der Waals surface area (Å²) in [5.74, 6) is -0.140. The molecule has 0 aliphatic carbocycles. The lowest BCUT2D eigenvalue weighted by atomic mass is 10.1. The van der Waals surface area contributed by atoms with Crippen molar-refractivity contribution in [2.45, 2.75) is 25.7 Å². The minimum absolute atomic E-state index is 0.0362. The summed E-state index contributed by atoms with van der Waals surface area (Å²) in [4.78, 5) is 27.4. The number of methoxy groups -OCH3 is 1. The third kappa shape index (κ3) is 5.09. The van der Waals surface area contributed by atoms with E-state index in [-0.39, 0.29) is 24.3 Å². The van der Waals surface area contributed by atoms with Crippen LogP contribution in [0.3, 0.4) is 0 Å². The Labute approximate surface area is 120 Å². The molecule has 0 bridgehead atoms. The molecule has 116 valence electrons. The number of ether oxygens (including phenoxy) is 1. The maximum absolute atomic E-state index is 12.2. The van der Waals surface area contributed by atoms with Crippen LogP contribution in [0.1, 0.15) is 25.7 Å². The molecule has 1 heterocycles. The summed E-state index contributed by atoms with van der Waals surface area (Å²) in [6.45, 7) is 2.44. The highest BCUT2D eigenvalue weighted by molar-refractivity contribution is 5.89. The highest BCUT2D eigenvalue weighted by Gasteiger charge is 2.35. The van der Waals surface area contributed by atoms with Gasteiger partial charge in [-0.1, -0.05) is 0 Å². The van der Waals surface area contributed by atoms with Gasteiger partial charge in [0.15, 0.2) is 0 Å². The van der Waals surface area contributed by atoms with Crippen molar-refractivity contribution < 1.29 is 19.4 Å². The Balaban J connectivity index is 2.34. The molecule has 1 unspecified atom stereocenters. The maximum Gasteiger partial charge on any atom is 0.227 e. The number of aliphatic hydroxyl groups excluding tert-OH is 1. The summed E-state index contributed by atoms with van der Waals surface area (Å²) in [5, 5.41) is 8.71. The third-order valence-corrected chi connectivity index (χ3v) is 3.66. The van der Waals surface area contributed by atoms with E-state index in [1.54, 1.807) is 24.0 Å². The molecule has 2 amide bonds. The van der Waals surface area contributed by atoms with Gasteiger partial charge in [-0.15, -0.1) is 0 Å². The standard InChI is InChI=1S/C14H26N2O4/c1-15(6-4-3-5-8-17)14(19)12-10-13(18)16(11-12)7-9-20-2/h12,17H,3-11H2,1-2H3.